The summed E-state index contributed by atoms with van der Waals surface area (Å²) in [5.74, 6) is 0.516. The highest BCUT2D eigenvalue weighted by molar-refractivity contribution is 5.97. The van der Waals surface area contributed by atoms with Gasteiger partial charge in [0.05, 0.1) is 29.2 Å². The number of pyridine rings is 1. The van der Waals surface area contributed by atoms with E-state index in [0.717, 1.165) is 16.8 Å². The Balaban J connectivity index is 1.32. The van der Waals surface area contributed by atoms with E-state index in [1.54, 1.807) is 11.0 Å². The van der Waals surface area contributed by atoms with Crippen molar-refractivity contribution in [2.75, 3.05) is 19.7 Å². The number of para-hydroxylation sites is 1. The van der Waals surface area contributed by atoms with Crippen LogP contribution in [0.25, 0.3) is 11.1 Å². The fraction of sp³-hybridized carbons (Fsp3) is 0.333. The van der Waals surface area contributed by atoms with Gasteiger partial charge in [-0.3, -0.25) is 9.59 Å². The molecule has 29 heavy (non-hydrogen) atoms. The number of aromatic nitrogens is 2. The summed E-state index contributed by atoms with van der Waals surface area (Å²) in [6.45, 7) is 3.31. The number of hydrogen-bond acceptors (Lipinski definition) is 6. The quantitative estimate of drug-likeness (QED) is 0.660. The van der Waals surface area contributed by atoms with Crippen molar-refractivity contribution in [2.45, 2.75) is 25.8 Å². The van der Waals surface area contributed by atoms with E-state index in [-0.39, 0.29) is 24.3 Å². The number of fused-ring (bicyclic) bond motifs is 1. The van der Waals surface area contributed by atoms with Crippen LogP contribution in [-0.4, -0.2) is 52.6 Å². The Morgan fingerprint density at radius 2 is 2.17 bits per heavy atom. The third-order valence-corrected chi connectivity index (χ3v) is 4.92. The summed E-state index contributed by atoms with van der Waals surface area (Å²) >= 11 is 0. The molecule has 1 atom stereocenters. The monoisotopic (exact) mass is 394 g/mol. The Hall–Kier alpha value is -3.42. The number of rotatable bonds is 7. The molecule has 1 aliphatic heterocycles. The van der Waals surface area contributed by atoms with Crippen molar-refractivity contribution in [3.05, 3.63) is 53.9 Å². The Morgan fingerprint density at radius 1 is 1.34 bits per heavy atom. The van der Waals surface area contributed by atoms with Gasteiger partial charge < -0.3 is 19.5 Å². The number of hydrogen-bond donors (Lipinski definition) is 1. The van der Waals surface area contributed by atoms with E-state index >= 15 is 0 Å². The van der Waals surface area contributed by atoms with Crippen molar-refractivity contribution in [1.29, 1.82) is 0 Å². The summed E-state index contributed by atoms with van der Waals surface area (Å²) in [5.41, 5.74) is 1.61. The standard InChI is InChI=1S/C21H22N4O4/c1-2-18-17-10-14(12-22-21(17)29-24-18)20(27)23-15-11-19(26)25(13-15)8-9-28-16-6-4-3-5-7-16/h3-7,10,12,15H,2,8-9,11,13H2,1H3,(H,23,27)/t15-/m0/s1. The molecule has 0 radical (unpaired) electrons. The zero-order chi connectivity index (χ0) is 20.2. The van der Waals surface area contributed by atoms with Gasteiger partial charge >= 0.3 is 0 Å². The molecule has 0 unspecified atom stereocenters. The molecule has 2 aromatic heterocycles. The predicted molar refractivity (Wildman–Crippen MR) is 106 cm³/mol. The van der Waals surface area contributed by atoms with E-state index in [4.69, 9.17) is 9.26 Å². The number of nitrogens with zero attached hydrogens (tertiary/aromatic N) is 3. The second-order valence-electron chi connectivity index (χ2n) is 6.94. The van der Waals surface area contributed by atoms with Gasteiger partial charge in [-0.05, 0) is 24.6 Å². The number of nitrogens with one attached hydrogen (secondary N) is 1. The number of carbonyl (C=O) groups excluding carboxylic acids is 2. The fourth-order valence-electron chi connectivity index (χ4n) is 3.40. The zero-order valence-corrected chi connectivity index (χ0v) is 16.1. The van der Waals surface area contributed by atoms with Crippen molar-refractivity contribution in [2.24, 2.45) is 0 Å². The second kappa shape index (κ2) is 8.30. The van der Waals surface area contributed by atoms with Crippen LogP contribution in [0.3, 0.4) is 0 Å². The molecule has 0 bridgehead atoms. The van der Waals surface area contributed by atoms with Crippen LogP contribution in [0.1, 0.15) is 29.4 Å². The Labute approximate surface area is 167 Å². The van der Waals surface area contributed by atoms with Crippen molar-refractivity contribution >= 4 is 22.9 Å². The lowest BCUT2D eigenvalue weighted by molar-refractivity contribution is -0.128. The first-order chi connectivity index (χ1) is 14.1. The number of aryl methyl sites for hydroxylation is 1. The molecule has 0 saturated carbocycles. The minimum Gasteiger partial charge on any atom is -0.492 e. The molecule has 2 amide bonds. The third-order valence-electron chi connectivity index (χ3n) is 4.92. The predicted octanol–water partition coefficient (Wildman–Crippen LogP) is 2.19. The topological polar surface area (TPSA) is 97.6 Å². The minimum absolute atomic E-state index is 0.00726. The Kier molecular flexibility index (Phi) is 5.41. The molecule has 0 spiro atoms. The van der Waals surface area contributed by atoms with Gasteiger partial charge in [0.15, 0.2) is 0 Å². The number of carbonyl (C=O) groups is 2. The van der Waals surface area contributed by atoms with Crippen LogP contribution < -0.4 is 10.1 Å². The highest BCUT2D eigenvalue weighted by Crippen LogP contribution is 2.19. The maximum absolute atomic E-state index is 12.6. The minimum atomic E-state index is -0.261. The van der Waals surface area contributed by atoms with Gasteiger partial charge in [-0.1, -0.05) is 30.3 Å². The summed E-state index contributed by atoms with van der Waals surface area (Å²) in [6.07, 6.45) is 2.43. The van der Waals surface area contributed by atoms with Crippen molar-refractivity contribution < 1.29 is 18.8 Å². The molecule has 150 valence electrons. The lowest BCUT2D eigenvalue weighted by Crippen LogP contribution is -2.38. The number of benzene rings is 1. The van der Waals surface area contributed by atoms with Gasteiger partial charge in [0.2, 0.25) is 5.91 Å². The van der Waals surface area contributed by atoms with Crippen molar-refractivity contribution in [1.82, 2.24) is 20.4 Å². The molecule has 4 rings (SSSR count). The van der Waals surface area contributed by atoms with Gasteiger partial charge in [0.25, 0.3) is 11.6 Å². The van der Waals surface area contributed by atoms with E-state index in [2.05, 4.69) is 15.5 Å². The lowest BCUT2D eigenvalue weighted by atomic mass is 10.1. The van der Waals surface area contributed by atoms with Gasteiger partial charge in [-0.15, -0.1) is 0 Å². The van der Waals surface area contributed by atoms with Crippen LogP contribution in [0, 0.1) is 0 Å². The van der Waals surface area contributed by atoms with Crippen LogP contribution >= 0.6 is 0 Å². The molecule has 1 aliphatic rings. The van der Waals surface area contributed by atoms with Crippen LogP contribution in [0.4, 0.5) is 0 Å². The lowest BCUT2D eigenvalue weighted by Gasteiger charge is -2.17. The summed E-state index contributed by atoms with van der Waals surface area (Å²) in [6, 6.07) is 11.0. The molecule has 1 saturated heterocycles. The zero-order valence-electron chi connectivity index (χ0n) is 16.1. The number of likely N-dealkylation sites (tertiary alicyclic amines) is 1. The van der Waals surface area contributed by atoms with Crippen molar-refractivity contribution in [3.8, 4) is 5.75 Å². The van der Waals surface area contributed by atoms with E-state index in [0.29, 0.717) is 37.4 Å². The van der Waals surface area contributed by atoms with E-state index < -0.39 is 0 Å². The Bertz CT molecular complexity index is 1020. The first-order valence-electron chi connectivity index (χ1n) is 9.65. The number of amides is 2. The summed E-state index contributed by atoms with van der Waals surface area (Å²) in [7, 11) is 0. The normalized spacial score (nSPS) is 16.4. The smallest absolute Gasteiger partial charge is 0.257 e. The molecule has 8 nitrogen and oxygen atoms in total. The van der Waals surface area contributed by atoms with Gasteiger partial charge in [0, 0.05) is 19.2 Å². The van der Waals surface area contributed by atoms with Gasteiger partial charge in [-0.25, -0.2) is 4.98 Å². The van der Waals surface area contributed by atoms with Crippen LogP contribution in [0.2, 0.25) is 0 Å². The first kappa shape index (κ1) is 18.9. The molecule has 3 aromatic rings. The van der Waals surface area contributed by atoms with Gasteiger partial charge in [-0.2, -0.15) is 0 Å². The summed E-state index contributed by atoms with van der Waals surface area (Å²) in [4.78, 5) is 30.7. The van der Waals surface area contributed by atoms with Crippen molar-refractivity contribution in [3.63, 3.8) is 0 Å². The first-order valence-corrected chi connectivity index (χ1v) is 9.65. The van der Waals surface area contributed by atoms with E-state index in [1.165, 1.54) is 6.20 Å². The maximum Gasteiger partial charge on any atom is 0.257 e. The summed E-state index contributed by atoms with van der Waals surface area (Å²) in [5, 5.41) is 7.62. The molecule has 1 fully saturated rings. The van der Waals surface area contributed by atoms with Crippen LogP contribution in [0.15, 0.2) is 47.1 Å². The molecule has 8 heteroatoms. The number of ether oxygens (including phenoxy) is 1. The molecule has 3 heterocycles. The molecule has 0 aliphatic carbocycles. The fourth-order valence-corrected chi connectivity index (χ4v) is 3.40. The highest BCUT2D eigenvalue weighted by atomic mass is 16.5. The van der Waals surface area contributed by atoms with Crippen LogP contribution in [0.5, 0.6) is 5.75 Å². The van der Waals surface area contributed by atoms with E-state index in [1.807, 2.05) is 37.3 Å². The maximum atomic E-state index is 12.6. The van der Waals surface area contributed by atoms with Gasteiger partial charge in [0.1, 0.15) is 12.4 Å². The molecular formula is C21H22N4O4. The largest absolute Gasteiger partial charge is 0.492 e. The third kappa shape index (κ3) is 4.21. The molecule has 1 aromatic carbocycles. The van der Waals surface area contributed by atoms with E-state index in [9.17, 15) is 9.59 Å². The molecular weight excluding hydrogens is 372 g/mol. The van der Waals surface area contributed by atoms with Crippen LogP contribution in [-0.2, 0) is 11.2 Å². The second-order valence-corrected chi connectivity index (χ2v) is 6.94. The average Bonchev–Trinajstić information content (AvgIpc) is 3.31. The Morgan fingerprint density at radius 3 is 2.97 bits per heavy atom. The highest BCUT2D eigenvalue weighted by Gasteiger charge is 2.30. The SMILES string of the molecule is CCc1noc2ncc(C(=O)N[C@H]3CC(=O)N(CCOc4ccccc4)C3)cc12. The summed E-state index contributed by atoms with van der Waals surface area (Å²) < 4.78 is 10.8. The molecule has 1 N–H and O–H groups in total. The average molecular weight is 394 g/mol.